The molecule has 20 heavy (non-hydrogen) atoms. The number of hydrogen-bond donors (Lipinski definition) is 0. The summed E-state index contributed by atoms with van der Waals surface area (Å²) in [6, 6.07) is 17.1. The lowest BCUT2D eigenvalue weighted by Gasteiger charge is -2.07. The van der Waals surface area contributed by atoms with Gasteiger partial charge in [-0.1, -0.05) is 42.5 Å². The summed E-state index contributed by atoms with van der Waals surface area (Å²) < 4.78 is 5.69. The molecule has 0 aliphatic rings. The Balaban J connectivity index is 1.99. The van der Waals surface area contributed by atoms with Gasteiger partial charge < -0.3 is 4.74 Å². The topological polar surface area (TPSA) is 26.3 Å². The van der Waals surface area contributed by atoms with Gasteiger partial charge in [-0.3, -0.25) is 4.79 Å². The zero-order valence-electron chi connectivity index (χ0n) is 11.2. The number of hydrogen-bond acceptors (Lipinski definition) is 2. The van der Waals surface area contributed by atoms with Crippen molar-refractivity contribution in [2.45, 2.75) is 19.4 Å². The van der Waals surface area contributed by atoms with Gasteiger partial charge in [0.25, 0.3) is 0 Å². The van der Waals surface area contributed by atoms with Crippen LogP contribution in [-0.4, -0.2) is 5.78 Å². The molecule has 0 heterocycles. The normalized spacial score (nSPS) is 9.75. The van der Waals surface area contributed by atoms with E-state index in [9.17, 15) is 4.79 Å². The molecule has 0 fully saturated rings. The molecular formula is C18H16O2. The second-order valence-electron chi connectivity index (χ2n) is 4.43. The van der Waals surface area contributed by atoms with E-state index in [0.29, 0.717) is 30.8 Å². The van der Waals surface area contributed by atoms with E-state index < -0.39 is 0 Å². The highest BCUT2D eigenvalue weighted by molar-refractivity contribution is 5.96. The van der Waals surface area contributed by atoms with E-state index >= 15 is 0 Å². The van der Waals surface area contributed by atoms with Gasteiger partial charge in [-0.2, -0.15) is 0 Å². The number of benzene rings is 2. The average Bonchev–Trinajstić information content (AvgIpc) is 2.52. The number of carbonyl (C=O) groups is 1. The van der Waals surface area contributed by atoms with Gasteiger partial charge in [0, 0.05) is 18.4 Å². The van der Waals surface area contributed by atoms with Crippen LogP contribution in [0, 0.1) is 12.3 Å². The Morgan fingerprint density at radius 1 is 1.10 bits per heavy atom. The van der Waals surface area contributed by atoms with Crippen molar-refractivity contribution < 1.29 is 9.53 Å². The zero-order valence-corrected chi connectivity index (χ0v) is 11.2. The minimum Gasteiger partial charge on any atom is -0.489 e. The number of ketones is 1. The molecule has 2 aromatic rings. The molecule has 2 aromatic carbocycles. The van der Waals surface area contributed by atoms with Crippen molar-refractivity contribution in [3.05, 3.63) is 65.7 Å². The van der Waals surface area contributed by atoms with E-state index in [-0.39, 0.29) is 5.78 Å². The third-order valence-electron chi connectivity index (χ3n) is 2.90. The van der Waals surface area contributed by atoms with Crippen LogP contribution in [0.5, 0.6) is 5.75 Å². The molecule has 2 heteroatoms. The van der Waals surface area contributed by atoms with Crippen LogP contribution >= 0.6 is 0 Å². The minimum absolute atomic E-state index is 0.0492. The molecule has 0 bridgehead atoms. The summed E-state index contributed by atoms with van der Waals surface area (Å²) in [5, 5.41) is 0. The first-order chi connectivity index (χ1) is 9.79. The first-order valence-electron chi connectivity index (χ1n) is 6.53. The summed E-state index contributed by atoms with van der Waals surface area (Å²) in [6.07, 6.45) is 6.01. The molecule has 2 nitrogen and oxygen atoms in total. The quantitative estimate of drug-likeness (QED) is 0.585. The van der Waals surface area contributed by atoms with Gasteiger partial charge in [0.05, 0.1) is 0 Å². The first-order valence-corrected chi connectivity index (χ1v) is 6.53. The number of carbonyl (C=O) groups excluding carboxylic acids is 1. The Morgan fingerprint density at radius 3 is 2.65 bits per heavy atom. The second kappa shape index (κ2) is 7.16. The molecule has 0 atom stereocenters. The Hall–Kier alpha value is -2.53. The second-order valence-corrected chi connectivity index (χ2v) is 4.43. The lowest BCUT2D eigenvalue weighted by Crippen LogP contribution is -2.00. The van der Waals surface area contributed by atoms with Crippen molar-refractivity contribution in [3.8, 4) is 18.1 Å². The van der Waals surface area contributed by atoms with E-state index in [1.54, 1.807) is 12.1 Å². The summed E-state index contributed by atoms with van der Waals surface area (Å²) in [6.45, 7) is 0.489. The lowest BCUT2D eigenvalue weighted by molar-refractivity contribution is 0.0984. The van der Waals surface area contributed by atoms with Gasteiger partial charge in [-0.05, 0) is 17.7 Å². The largest absolute Gasteiger partial charge is 0.489 e. The van der Waals surface area contributed by atoms with Crippen molar-refractivity contribution in [3.63, 3.8) is 0 Å². The number of Topliss-reactive ketones (excluding diaryl/α,β-unsaturated/α-hetero) is 1. The van der Waals surface area contributed by atoms with Crippen molar-refractivity contribution >= 4 is 5.78 Å². The molecule has 0 aliphatic heterocycles. The zero-order chi connectivity index (χ0) is 14.2. The molecule has 0 unspecified atom stereocenters. The van der Waals surface area contributed by atoms with Gasteiger partial charge in [0.1, 0.15) is 12.4 Å². The number of terminal acetylenes is 1. The summed E-state index contributed by atoms with van der Waals surface area (Å²) in [4.78, 5) is 11.9. The fourth-order valence-corrected chi connectivity index (χ4v) is 1.83. The van der Waals surface area contributed by atoms with Gasteiger partial charge >= 0.3 is 0 Å². The van der Waals surface area contributed by atoms with E-state index in [0.717, 1.165) is 5.56 Å². The van der Waals surface area contributed by atoms with E-state index in [1.807, 2.05) is 42.5 Å². The van der Waals surface area contributed by atoms with Gasteiger partial charge in [-0.15, -0.1) is 12.3 Å². The highest BCUT2D eigenvalue weighted by Crippen LogP contribution is 2.16. The maximum absolute atomic E-state index is 11.9. The Kier molecular flexibility index (Phi) is 4.97. The highest BCUT2D eigenvalue weighted by atomic mass is 16.5. The van der Waals surface area contributed by atoms with Crippen LogP contribution in [0.1, 0.15) is 28.8 Å². The van der Waals surface area contributed by atoms with Crippen LogP contribution in [0.15, 0.2) is 54.6 Å². The molecule has 0 spiro atoms. The van der Waals surface area contributed by atoms with Crippen LogP contribution in [0.25, 0.3) is 0 Å². The van der Waals surface area contributed by atoms with Crippen LogP contribution in [0.4, 0.5) is 0 Å². The molecule has 0 N–H and O–H groups in total. The third-order valence-corrected chi connectivity index (χ3v) is 2.90. The highest BCUT2D eigenvalue weighted by Gasteiger charge is 2.06. The van der Waals surface area contributed by atoms with Gasteiger partial charge in [-0.25, -0.2) is 0 Å². The Bertz CT molecular complexity index is 609. The Morgan fingerprint density at radius 2 is 1.90 bits per heavy atom. The molecule has 0 aromatic heterocycles. The van der Waals surface area contributed by atoms with Crippen LogP contribution < -0.4 is 4.74 Å². The summed E-state index contributed by atoms with van der Waals surface area (Å²) in [5.41, 5.74) is 1.74. The average molecular weight is 264 g/mol. The predicted molar refractivity (Wildman–Crippen MR) is 79.6 cm³/mol. The molecule has 100 valence electrons. The van der Waals surface area contributed by atoms with Crippen LogP contribution in [0.3, 0.4) is 0 Å². The van der Waals surface area contributed by atoms with Crippen molar-refractivity contribution in [2.75, 3.05) is 0 Å². The lowest BCUT2D eigenvalue weighted by atomic mass is 10.1. The maximum Gasteiger partial charge on any atom is 0.163 e. The molecule has 0 radical (unpaired) electrons. The van der Waals surface area contributed by atoms with E-state index in [1.165, 1.54) is 0 Å². The first kappa shape index (κ1) is 13.9. The van der Waals surface area contributed by atoms with Crippen molar-refractivity contribution in [2.24, 2.45) is 0 Å². The molecule has 2 rings (SSSR count). The van der Waals surface area contributed by atoms with Gasteiger partial charge in [0.15, 0.2) is 5.78 Å². The van der Waals surface area contributed by atoms with E-state index in [4.69, 9.17) is 11.2 Å². The van der Waals surface area contributed by atoms with Crippen LogP contribution in [-0.2, 0) is 6.61 Å². The van der Waals surface area contributed by atoms with Crippen molar-refractivity contribution in [1.29, 1.82) is 0 Å². The predicted octanol–water partition coefficient (Wildman–Crippen LogP) is 3.86. The number of ether oxygens (including phenoxy) is 1. The molecule has 0 saturated carbocycles. The smallest absolute Gasteiger partial charge is 0.163 e. The minimum atomic E-state index is 0.0492. The van der Waals surface area contributed by atoms with Crippen LogP contribution in [0.2, 0.25) is 0 Å². The summed E-state index contributed by atoms with van der Waals surface area (Å²) in [7, 11) is 0. The monoisotopic (exact) mass is 264 g/mol. The van der Waals surface area contributed by atoms with Gasteiger partial charge in [0.2, 0.25) is 0 Å². The Labute approximate surface area is 119 Å². The maximum atomic E-state index is 11.9. The number of rotatable bonds is 6. The summed E-state index contributed by atoms with van der Waals surface area (Å²) >= 11 is 0. The van der Waals surface area contributed by atoms with E-state index in [2.05, 4.69) is 5.92 Å². The SMILES string of the molecule is C#CCCC(=O)c1cccc(OCc2ccccc2)c1. The molecule has 0 amide bonds. The fraction of sp³-hybridized carbons (Fsp3) is 0.167. The van der Waals surface area contributed by atoms with Crippen molar-refractivity contribution in [1.82, 2.24) is 0 Å². The third kappa shape index (κ3) is 4.00. The fourth-order valence-electron chi connectivity index (χ4n) is 1.83. The molecule has 0 aliphatic carbocycles. The summed E-state index contributed by atoms with van der Waals surface area (Å²) in [5.74, 6) is 3.22. The molecule has 0 saturated heterocycles. The molecular weight excluding hydrogens is 248 g/mol. The standard InChI is InChI=1S/C18H16O2/c1-2-3-12-18(19)16-10-7-11-17(13-16)20-14-15-8-5-4-6-9-15/h1,4-11,13H,3,12,14H2.